The Labute approximate surface area is 140 Å². The number of hydrogen-bond donors (Lipinski definition) is 0. The van der Waals surface area contributed by atoms with Crippen LogP contribution in [0.2, 0.25) is 5.02 Å². The molecule has 0 fully saturated rings. The molecular formula is C16H9Cl2NO4. The molecule has 0 aliphatic heterocycles. The summed E-state index contributed by atoms with van der Waals surface area (Å²) in [6, 6.07) is 9.47. The normalized spacial score (nSPS) is 10.7. The van der Waals surface area contributed by atoms with Crippen LogP contribution in [0.4, 0.5) is 0 Å². The van der Waals surface area contributed by atoms with E-state index >= 15 is 0 Å². The minimum absolute atomic E-state index is 0.0356. The van der Waals surface area contributed by atoms with E-state index in [2.05, 4.69) is 4.98 Å². The number of pyridine rings is 1. The second kappa shape index (κ2) is 6.40. The number of fused-ring (bicyclic) bond motifs is 1. The Morgan fingerprint density at radius 3 is 2.74 bits per heavy atom. The molecule has 0 saturated carbocycles. The van der Waals surface area contributed by atoms with Crippen LogP contribution in [0.25, 0.3) is 11.0 Å². The molecule has 0 spiro atoms. The summed E-state index contributed by atoms with van der Waals surface area (Å²) in [5.41, 5.74) is 0.202. The molecule has 0 aliphatic carbocycles. The highest BCUT2D eigenvalue weighted by molar-refractivity contribution is 6.30. The van der Waals surface area contributed by atoms with Gasteiger partial charge in [0, 0.05) is 23.5 Å². The van der Waals surface area contributed by atoms with Crippen molar-refractivity contribution in [3.63, 3.8) is 0 Å². The first-order chi connectivity index (χ1) is 11.1. The topological polar surface area (TPSA) is 69.4 Å². The number of aromatic nitrogens is 1. The molecule has 2 aromatic heterocycles. The van der Waals surface area contributed by atoms with E-state index < -0.39 is 11.6 Å². The molecule has 0 amide bonds. The van der Waals surface area contributed by atoms with Crippen molar-refractivity contribution in [3.05, 3.63) is 69.2 Å². The Hall–Kier alpha value is -2.37. The molecule has 0 atom stereocenters. The molecule has 3 rings (SSSR count). The second-order valence-electron chi connectivity index (χ2n) is 4.66. The van der Waals surface area contributed by atoms with Crippen LogP contribution >= 0.6 is 23.2 Å². The van der Waals surface area contributed by atoms with E-state index in [4.69, 9.17) is 32.4 Å². The van der Waals surface area contributed by atoms with Gasteiger partial charge in [-0.15, -0.1) is 11.6 Å². The molecule has 5 nitrogen and oxygen atoms in total. The van der Waals surface area contributed by atoms with Crippen LogP contribution in [-0.4, -0.2) is 11.0 Å². The number of halogens is 2. The van der Waals surface area contributed by atoms with Crippen LogP contribution in [-0.2, 0) is 5.88 Å². The van der Waals surface area contributed by atoms with E-state index in [0.717, 1.165) is 5.56 Å². The maximum absolute atomic E-state index is 12.1. The number of ether oxygens (including phenoxy) is 1. The van der Waals surface area contributed by atoms with E-state index in [1.54, 1.807) is 18.2 Å². The van der Waals surface area contributed by atoms with Crippen LogP contribution in [0.3, 0.4) is 0 Å². The first kappa shape index (κ1) is 15.5. The third-order valence-corrected chi connectivity index (χ3v) is 3.60. The molecule has 0 radical (unpaired) electrons. The van der Waals surface area contributed by atoms with E-state index in [9.17, 15) is 9.59 Å². The van der Waals surface area contributed by atoms with Gasteiger partial charge in [0.05, 0.1) is 5.02 Å². The van der Waals surface area contributed by atoms with Gasteiger partial charge in [-0.2, -0.15) is 0 Å². The lowest BCUT2D eigenvalue weighted by molar-refractivity contribution is 0.0723. The lowest BCUT2D eigenvalue weighted by Crippen LogP contribution is -2.19. The van der Waals surface area contributed by atoms with Crippen molar-refractivity contribution in [2.24, 2.45) is 0 Å². The highest BCUT2D eigenvalue weighted by Crippen LogP contribution is 2.18. The van der Waals surface area contributed by atoms with Gasteiger partial charge >= 0.3 is 11.6 Å². The molecule has 0 aliphatic rings. The minimum atomic E-state index is -0.855. The smallest absolute Gasteiger partial charge is 0.352 e. The summed E-state index contributed by atoms with van der Waals surface area (Å²) in [6.45, 7) is 0. The van der Waals surface area contributed by atoms with E-state index in [0.29, 0.717) is 21.9 Å². The van der Waals surface area contributed by atoms with Gasteiger partial charge in [-0.1, -0.05) is 17.7 Å². The molecule has 3 aromatic rings. The zero-order valence-electron chi connectivity index (χ0n) is 11.6. The van der Waals surface area contributed by atoms with E-state index in [1.807, 2.05) is 0 Å². The number of esters is 1. The van der Waals surface area contributed by atoms with Crippen molar-refractivity contribution in [2.45, 2.75) is 5.88 Å². The SMILES string of the molecule is O=C(Oc1ccc(Cl)cn1)c1cc2cc(CCl)ccc2oc1=O. The van der Waals surface area contributed by atoms with Crippen LogP contribution in [0, 0.1) is 0 Å². The summed E-state index contributed by atoms with van der Waals surface area (Å²) < 4.78 is 10.2. The number of hydrogen-bond acceptors (Lipinski definition) is 5. The fourth-order valence-electron chi connectivity index (χ4n) is 1.97. The molecule has 23 heavy (non-hydrogen) atoms. The third kappa shape index (κ3) is 3.36. The molecule has 7 heteroatoms. The number of benzene rings is 1. The van der Waals surface area contributed by atoms with Gasteiger partial charge in [-0.25, -0.2) is 14.6 Å². The fraction of sp³-hybridized carbons (Fsp3) is 0.0625. The molecule has 0 unspecified atom stereocenters. The predicted molar refractivity (Wildman–Crippen MR) is 86.2 cm³/mol. The van der Waals surface area contributed by atoms with Gasteiger partial charge < -0.3 is 9.15 Å². The Morgan fingerprint density at radius 1 is 1.22 bits per heavy atom. The lowest BCUT2D eigenvalue weighted by Gasteiger charge is -2.04. The first-order valence-corrected chi connectivity index (χ1v) is 7.44. The van der Waals surface area contributed by atoms with Crippen molar-refractivity contribution in [2.75, 3.05) is 0 Å². The van der Waals surface area contributed by atoms with Crippen LogP contribution in [0.15, 0.2) is 51.8 Å². The number of carbonyl (C=O) groups is 1. The van der Waals surface area contributed by atoms with Gasteiger partial charge in [-0.3, -0.25) is 0 Å². The predicted octanol–water partition coefficient (Wildman–Crippen LogP) is 3.80. The van der Waals surface area contributed by atoms with Crippen molar-refractivity contribution >= 4 is 40.1 Å². The number of alkyl halides is 1. The summed E-state index contributed by atoms with van der Waals surface area (Å²) in [7, 11) is 0. The Bertz CT molecular complexity index is 935. The highest BCUT2D eigenvalue weighted by atomic mass is 35.5. The number of nitrogens with zero attached hydrogens (tertiary/aromatic N) is 1. The monoisotopic (exact) mass is 349 g/mol. The second-order valence-corrected chi connectivity index (χ2v) is 5.36. The molecule has 1 aromatic carbocycles. The Balaban J connectivity index is 1.97. The average Bonchev–Trinajstić information content (AvgIpc) is 2.55. The summed E-state index contributed by atoms with van der Waals surface area (Å²) >= 11 is 11.5. The average molecular weight is 350 g/mol. The third-order valence-electron chi connectivity index (χ3n) is 3.07. The molecule has 116 valence electrons. The lowest BCUT2D eigenvalue weighted by atomic mass is 10.1. The molecular weight excluding hydrogens is 341 g/mol. The number of carbonyl (C=O) groups excluding carboxylic acids is 1. The maximum atomic E-state index is 12.1. The quantitative estimate of drug-likeness (QED) is 0.408. The summed E-state index contributed by atoms with van der Waals surface area (Å²) in [5, 5.41) is 0.988. The van der Waals surface area contributed by atoms with Crippen molar-refractivity contribution in [1.29, 1.82) is 0 Å². The van der Waals surface area contributed by atoms with Gasteiger partial charge in [-0.05, 0) is 29.8 Å². The summed E-state index contributed by atoms with van der Waals surface area (Å²) in [4.78, 5) is 27.9. The Kier molecular flexibility index (Phi) is 4.32. The largest absolute Gasteiger partial charge is 0.422 e. The Morgan fingerprint density at radius 2 is 2.04 bits per heavy atom. The van der Waals surface area contributed by atoms with E-state index in [1.165, 1.54) is 24.4 Å². The van der Waals surface area contributed by atoms with Crippen LogP contribution in [0.5, 0.6) is 5.88 Å². The van der Waals surface area contributed by atoms with Crippen molar-refractivity contribution in [1.82, 2.24) is 4.98 Å². The van der Waals surface area contributed by atoms with Crippen LogP contribution < -0.4 is 10.4 Å². The van der Waals surface area contributed by atoms with Gasteiger partial charge in [0.1, 0.15) is 11.1 Å². The van der Waals surface area contributed by atoms with Gasteiger partial charge in [0.2, 0.25) is 5.88 Å². The summed E-state index contributed by atoms with van der Waals surface area (Å²) in [5.74, 6) is -0.510. The maximum Gasteiger partial charge on any atom is 0.352 e. The highest BCUT2D eigenvalue weighted by Gasteiger charge is 2.17. The van der Waals surface area contributed by atoms with E-state index in [-0.39, 0.29) is 11.4 Å². The zero-order chi connectivity index (χ0) is 16.4. The molecule has 0 bridgehead atoms. The molecule has 0 N–H and O–H groups in total. The zero-order valence-corrected chi connectivity index (χ0v) is 13.1. The fourth-order valence-corrected chi connectivity index (χ4v) is 2.25. The molecule has 0 saturated heterocycles. The van der Waals surface area contributed by atoms with Gasteiger partial charge in [0.25, 0.3) is 0 Å². The summed E-state index contributed by atoms with van der Waals surface area (Å²) in [6.07, 6.45) is 1.33. The van der Waals surface area contributed by atoms with Gasteiger partial charge in [0.15, 0.2) is 0 Å². The first-order valence-electron chi connectivity index (χ1n) is 6.53. The minimum Gasteiger partial charge on any atom is -0.422 e. The standard InChI is InChI=1S/C16H9Cl2NO4/c17-7-9-1-3-13-10(5-9)6-12(15(20)22-13)16(21)23-14-4-2-11(18)8-19-14/h1-6,8H,7H2. The molecule has 2 heterocycles. The van der Waals surface area contributed by atoms with Crippen molar-refractivity contribution in [3.8, 4) is 5.88 Å². The van der Waals surface area contributed by atoms with Crippen LogP contribution in [0.1, 0.15) is 15.9 Å². The number of rotatable bonds is 3. The van der Waals surface area contributed by atoms with Crippen molar-refractivity contribution < 1.29 is 13.9 Å².